The molecule has 2 amide bonds. The van der Waals surface area contributed by atoms with Crippen LogP contribution >= 0.6 is 11.6 Å². The third kappa shape index (κ3) is 3.74. The molecule has 0 radical (unpaired) electrons. The average Bonchev–Trinajstić information content (AvgIpc) is 2.85. The van der Waals surface area contributed by atoms with Gasteiger partial charge in [-0.05, 0) is 38.0 Å². The topological polar surface area (TPSA) is 69.6 Å². The summed E-state index contributed by atoms with van der Waals surface area (Å²) in [6, 6.07) is 4.89. The molecule has 6 heteroatoms. The van der Waals surface area contributed by atoms with E-state index in [2.05, 4.69) is 5.32 Å². The molecule has 1 aromatic carbocycles. The minimum absolute atomic E-state index is 0.0114. The summed E-state index contributed by atoms with van der Waals surface area (Å²) < 4.78 is 0. The van der Waals surface area contributed by atoms with Crippen molar-refractivity contribution in [3.05, 3.63) is 28.8 Å². The van der Waals surface area contributed by atoms with E-state index in [-0.39, 0.29) is 24.5 Å². The molecular formula is C15H19ClN2O3. The van der Waals surface area contributed by atoms with Crippen LogP contribution < -0.4 is 10.2 Å². The van der Waals surface area contributed by atoms with Crippen LogP contribution in [0.4, 0.5) is 5.69 Å². The van der Waals surface area contributed by atoms with Crippen LogP contribution in [0.25, 0.3) is 0 Å². The Morgan fingerprint density at radius 3 is 2.90 bits per heavy atom. The first-order chi connectivity index (χ1) is 10.0. The predicted octanol–water partition coefficient (Wildman–Crippen LogP) is 1.97. The number of nitrogens with one attached hydrogen (secondary N) is 1. The molecule has 0 spiro atoms. The van der Waals surface area contributed by atoms with Gasteiger partial charge in [0.2, 0.25) is 5.91 Å². The highest BCUT2D eigenvalue weighted by Gasteiger charge is 2.23. The first-order valence-corrected chi connectivity index (χ1v) is 7.42. The fourth-order valence-corrected chi connectivity index (χ4v) is 2.55. The van der Waals surface area contributed by atoms with Crippen molar-refractivity contribution < 1.29 is 14.7 Å². The highest BCUT2D eigenvalue weighted by atomic mass is 35.5. The van der Waals surface area contributed by atoms with E-state index in [1.165, 1.54) is 0 Å². The number of aliphatic hydroxyl groups excluding tert-OH is 1. The van der Waals surface area contributed by atoms with Crippen LogP contribution in [-0.4, -0.2) is 36.1 Å². The van der Waals surface area contributed by atoms with E-state index >= 15 is 0 Å². The lowest BCUT2D eigenvalue weighted by Crippen LogP contribution is -2.33. The lowest BCUT2D eigenvalue weighted by Gasteiger charge is -2.18. The third-order valence-electron chi connectivity index (χ3n) is 3.52. The molecule has 0 aliphatic carbocycles. The molecular weight excluding hydrogens is 292 g/mol. The largest absolute Gasteiger partial charge is 0.396 e. The summed E-state index contributed by atoms with van der Waals surface area (Å²) >= 11 is 6.08. The molecule has 5 nitrogen and oxygen atoms in total. The van der Waals surface area contributed by atoms with Crippen LogP contribution in [0.1, 0.15) is 36.5 Å². The van der Waals surface area contributed by atoms with E-state index in [0.717, 1.165) is 6.42 Å². The zero-order chi connectivity index (χ0) is 15.4. The van der Waals surface area contributed by atoms with Gasteiger partial charge in [0.1, 0.15) is 0 Å². The number of carbonyl (C=O) groups is 2. The van der Waals surface area contributed by atoms with Crippen molar-refractivity contribution in [2.24, 2.45) is 0 Å². The molecule has 1 atom stereocenters. The Kier molecular flexibility index (Phi) is 5.20. The Morgan fingerprint density at radius 2 is 2.29 bits per heavy atom. The Balaban J connectivity index is 2.19. The minimum atomic E-state index is -0.297. The van der Waals surface area contributed by atoms with E-state index < -0.39 is 0 Å². The number of carbonyl (C=O) groups excluding carboxylic acids is 2. The number of hydrogen-bond donors (Lipinski definition) is 2. The van der Waals surface area contributed by atoms with Gasteiger partial charge in [-0.25, -0.2) is 0 Å². The van der Waals surface area contributed by atoms with Crippen LogP contribution in [0, 0.1) is 0 Å². The summed E-state index contributed by atoms with van der Waals surface area (Å²) in [7, 11) is 0. The number of nitrogens with zero attached hydrogens (tertiary/aromatic N) is 1. The summed E-state index contributed by atoms with van der Waals surface area (Å²) in [5.41, 5.74) is 1.04. The maximum absolute atomic E-state index is 12.2. The van der Waals surface area contributed by atoms with Gasteiger partial charge in [0, 0.05) is 31.3 Å². The molecule has 1 aromatic rings. The molecule has 1 fully saturated rings. The number of rotatable bonds is 5. The van der Waals surface area contributed by atoms with Gasteiger partial charge in [0.15, 0.2) is 0 Å². The smallest absolute Gasteiger partial charge is 0.253 e. The second kappa shape index (κ2) is 6.91. The second-order valence-corrected chi connectivity index (χ2v) is 5.61. The van der Waals surface area contributed by atoms with Crippen molar-refractivity contribution >= 4 is 29.1 Å². The molecule has 21 heavy (non-hydrogen) atoms. The summed E-state index contributed by atoms with van der Waals surface area (Å²) in [6.45, 7) is 2.50. The molecule has 1 aliphatic rings. The first-order valence-electron chi connectivity index (χ1n) is 7.04. The van der Waals surface area contributed by atoms with Crippen molar-refractivity contribution in [2.75, 3.05) is 18.1 Å². The zero-order valence-electron chi connectivity index (χ0n) is 11.9. The molecule has 2 N–H and O–H groups in total. The fraction of sp³-hybridized carbons (Fsp3) is 0.467. The molecule has 1 aliphatic heterocycles. The van der Waals surface area contributed by atoms with Crippen LogP contribution in [-0.2, 0) is 4.79 Å². The highest BCUT2D eigenvalue weighted by Crippen LogP contribution is 2.26. The predicted molar refractivity (Wildman–Crippen MR) is 81.7 cm³/mol. The van der Waals surface area contributed by atoms with Crippen molar-refractivity contribution in [3.63, 3.8) is 0 Å². The van der Waals surface area contributed by atoms with E-state index in [1.807, 2.05) is 6.92 Å². The van der Waals surface area contributed by atoms with Crippen LogP contribution in [0.2, 0.25) is 5.02 Å². The van der Waals surface area contributed by atoms with Gasteiger partial charge in [-0.3, -0.25) is 9.59 Å². The van der Waals surface area contributed by atoms with Gasteiger partial charge in [0.05, 0.1) is 10.6 Å². The molecule has 1 heterocycles. The number of hydrogen-bond acceptors (Lipinski definition) is 3. The molecule has 0 saturated carbocycles. The minimum Gasteiger partial charge on any atom is -0.396 e. The molecule has 1 unspecified atom stereocenters. The summed E-state index contributed by atoms with van der Waals surface area (Å²) in [5.74, 6) is -0.230. The third-order valence-corrected chi connectivity index (χ3v) is 3.85. The van der Waals surface area contributed by atoms with Gasteiger partial charge >= 0.3 is 0 Å². The Labute approximate surface area is 128 Å². The monoisotopic (exact) mass is 310 g/mol. The maximum atomic E-state index is 12.2. The number of amides is 2. The molecule has 2 rings (SSSR count). The quantitative estimate of drug-likeness (QED) is 0.873. The Morgan fingerprint density at radius 1 is 1.52 bits per heavy atom. The van der Waals surface area contributed by atoms with E-state index in [4.69, 9.17) is 16.7 Å². The highest BCUT2D eigenvalue weighted by molar-refractivity contribution is 6.34. The van der Waals surface area contributed by atoms with Crippen molar-refractivity contribution in [1.82, 2.24) is 5.32 Å². The summed E-state index contributed by atoms with van der Waals surface area (Å²) in [5, 5.41) is 12.0. The Hall–Kier alpha value is -1.59. The number of aliphatic hydroxyl groups is 1. The lowest BCUT2D eigenvalue weighted by atomic mass is 10.1. The van der Waals surface area contributed by atoms with Gasteiger partial charge in [-0.1, -0.05) is 11.6 Å². The first kappa shape index (κ1) is 15.8. The van der Waals surface area contributed by atoms with Gasteiger partial charge in [0.25, 0.3) is 5.91 Å². The maximum Gasteiger partial charge on any atom is 0.253 e. The number of anilines is 1. The van der Waals surface area contributed by atoms with Crippen LogP contribution in [0.3, 0.4) is 0 Å². The number of halogens is 1. The fourth-order valence-electron chi connectivity index (χ4n) is 2.34. The van der Waals surface area contributed by atoms with E-state index in [1.54, 1.807) is 23.1 Å². The zero-order valence-corrected chi connectivity index (χ0v) is 12.7. The van der Waals surface area contributed by atoms with Crippen LogP contribution in [0.15, 0.2) is 18.2 Å². The average molecular weight is 311 g/mol. The standard InChI is InChI=1S/C15H19ClN2O3/c1-10(6-8-19)17-15(21)12-9-11(4-5-13(12)16)18-7-2-3-14(18)20/h4-5,9-10,19H,2-3,6-8H2,1H3,(H,17,21). The van der Waals surface area contributed by atoms with Crippen LogP contribution in [0.5, 0.6) is 0 Å². The second-order valence-electron chi connectivity index (χ2n) is 5.20. The Bertz CT molecular complexity index is 548. The van der Waals surface area contributed by atoms with Gasteiger partial charge in [-0.15, -0.1) is 0 Å². The van der Waals surface area contributed by atoms with Crippen molar-refractivity contribution in [3.8, 4) is 0 Å². The molecule has 0 aromatic heterocycles. The van der Waals surface area contributed by atoms with Crippen molar-refractivity contribution in [2.45, 2.75) is 32.2 Å². The van der Waals surface area contributed by atoms with E-state index in [9.17, 15) is 9.59 Å². The van der Waals surface area contributed by atoms with Gasteiger partial charge < -0.3 is 15.3 Å². The lowest BCUT2D eigenvalue weighted by molar-refractivity contribution is -0.117. The normalized spacial score (nSPS) is 16.1. The number of benzene rings is 1. The molecule has 1 saturated heterocycles. The van der Waals surface area contributed by atoms with Crippen molar-refractivity contribution in [1.29, 1.82) is 0 Å². The summed E-state index contributed by atoms with van der Waals surface area (Å²) in [4.78, 5) is 25.7. The summed E-state index contributed by atoms with van der Waals surface area (Å²) in [6.07, 6.45) is 1.85. The van der Waals surface area contributed by atoms with E-state index in [0.29, 0.717) is 35.7 Å². The van der Waals surface area contributed by atoms with Gasteiger partial charge in [-0.2, -0.15) is 0 Å². The molecule has 114 valence electrons. The SMILES string of the molecule is CC(CCO)NC(=O)c1cc(N2CCCC2=O)ccc1Cl. The molecule has 0 bridgehead atoms.